The number of hydrogen-bond acceptors (Lipinski definition) is 22. The fourth-order valence-electron chi connectivity index (χ4n) is 7.18. The van der Waals surface area contributed by atoms with E-state index in [1.54, 1.807) is 0 Å². The van der Waals surface area contributed by atoms with E-state index in [0.717, 1.165) is 24.3 Å². The van der Waals surface area contributed by atoms with Crippen LogP contribution >= 0.6 is 0 Å². The van der Waals surface area contributed by atoms with E-state index >= 15 is 0 Å². The van der Waals surface area contributed by atoms with Crippen molar-refractivity contribution in [1.82, 2.24) is 0 Å². The van der Waals surface area contributed by atoms with Crippen LogP contribution in [-0.4, -0.2) is 161 Å². The van der Waals surface area contributed by atoms with Gasteiger partial charge in [0.25, 0.3) is 0 Å². The number of rotatable bonds is 20. The van der Waals surface area contributed by atoms with E-state index in [9.17, 15) is 60.0 Å². The predicted molar refractivity (Wildman–Crippen MR) is 252 cm³/mol. The van der Waals surface area contributed by atoms with Gasteiger partial charge in [-0.25, -0.2) is 19.2 Å². The van der Waals surface area contributed by atoms with E-state index < -0.39 is 98.5 Å². The zero-order valence-corrected chi connectivity index (χ0v) is 39.2. The molecule has 0 saturated carbocycles. The van der Waals surface area contributed by atoms with Crippen molar-refractivity contribution in [2.75, 3.05) is 41.2 Å². The van der Waals surface area contributed by atoms with Gasteiger partial charge in [0, 0.05) is 24.3 Å². The number of aliphatic hydroxyl groups is 4. The van der Waals surface area contributed by atoms with Crippen molar-refractivity contribution in [2.24, 2.45) is 0 Å². The third-order valence-corrected chi connectivity index (χ3v) is 11.0. The summed E-state index contributed by atoms with van der Waals surface area (Å²) in [6.07, 6.45) is -6.60. The smallest absolute Gasteiger partial charge is 0.331 e. The number of phenols is 4. The molecule has 73 heavy (non-hydrogen) atoms. The minimum absolute atomic E-state index is 0.0585. The molecule has 0 unspecified atom stereocenters. The highest BCUT2D eigenvalue weighted by molar-refractivity contribution is 5.89. The van der Waals surface area contributed by atoms with Crippen molar-refractivity contribution in [3.8, 4) is 40.2 Å². The van der Waals surface area contributed by atoms with Crippen molar-refractivity contribution in [1.29, 1.82) is 0 Å². The number of ether oxygens (including phenoxy) is 10. The summed E-state index contributed by atoms with van der Waals surface area (Å²) >= 11 is 0. The second kappa shape index (κ2) is 24.9. The van der Waals surface area contributed by atoms with Crippen LogP contribution in [0.25, 0.3) is 24.3 Å². The second-order valence-electron chi connectivity index (χ2n) is 16.0. The number of phenolic OH excluding ortho intramolecular Hbond substituents is 4. The first kappa shape index (κ1) is 54.4. The van der Waals surface area contributed by atoms with Gasteiger partial charge in [0.15, 0.2) is 46.9 Å². The quantitative estimate of drug-likeness (QED) is 0.0358. The van der Waals surface area contributed by atoms with E-state index in [1.165, 1.54) is 124 Å². The summed E-state index contributed by atoms with van der Waals surface area (Å²) < 4.78 is 55.3. The Labute approximate surface area is 416 Å². The molecule has 0 amide bonds. The molecule has 2 saturated heterocycles. The van der Waals surface area contributed by atoms with Crippen molar-refractivity contribution in [3.05, 3.63) is 125 Å². The molecular weight excluding hydrogens is 965 g/mol. The highest BCUT2D eigenvalue weighted by Crippen LogP contribution is 2.39. The van der Waals surface area contributed by atoms with Crippen LogP contribution in [0.1, 0.15) is 22.3 Å². The molecule has 0 aromatic heterocycles. The third-order valence-electron chi connectivity index (χ3n) is 11.0. The van der Waals surface area contributed by atoms with Gasteiger partial charge < -0.3 is 88.2 Å². The Morgan fingerprint density at radius 3 is 1.42 bits per heavy atom. The number of aromatic hydroxyl groups is 4. The fourth-order valence-corrected chi connectivity index (χ4v) is 7.18. The van der Waals surface area contributed by atoms with Crippen LogP contribution in [0, 0.1) is 0 Å². The molecule has 9 atom stereocenters. The number of carbonyl (C=O) groups is 4. The summed E-state index contributed by atoms with van der Waals surface area (Å²) in [5.74, 6) is -7.14. The van der Waals surface area contributed by atoms with Gasteiger partial charge in [-0.3, -0.25) is 0 Å². The first-order valence-electron chi connectivity index (χ1n) is 22.0. The molecule has 2 heterocycles. The summed E-state index contributed by atoms with van der Waals surface area (Å²) in [4.78, 5) is 52.8. The standard InChI is InChI=1S/C51H52O22/c1-64-36-22-29(6-15-33(36)53)10-18-41(56)67-25-39-45(60)47(62)48(63)50(70-39)73-51(27-69-43(58)20-12-31-8-17-35(55)38(24-31)66-3)49(71-44(59)21-9-28-4-13-32(52)14-5-28)46(61)40(72-51)26-68-42(57)19-11-30-7-16-34(54)37(23-30)65-2/h4-24,39-40,45-50,52-55,60-63H,25-27H2,1-3H3/t39-,40-,45-,46-,47+,48-,49+,50-,51+/m1/s1. The van der Waals surface area contributed by atoms with Gasteiger partial charge in [-0.1, -0.05) is 30.3 Å². The normalized spacial score (nSPS) is 23.9. The average molecular weight is 1020 g/mol. The van der Waals surface area contributed by atoms with E-state index in [-0.39, 0.29) is 40.2 Å². The Balaban J connectivity index is 1.29. The highest BCUT2D eigenvalue weighted by Gasteiger charge is 2.62. The Morgan fingerprint density at radius 1 is 0.521 bits per heavy atom. The number of methoxy groups -OCH3 is 3. The summed E-state index contributed by atoms with van der Waals surface area (Å²) in [5, 5.41) is 84.7. The molecule has 2 aliphatic rings. The number of carbonyl (C=O) groups excluding carboxylic acids is 4. The minimum Gasteiger partial charge on any atom is -0.508 e. The Kier molecular flexibility index (Phi) is 18.6. The molecule has 8 N–H and O–H groups in total. The molecule has 2 fully saturated rings. The number of aliphatic hydroxyl groups excluding tert-OH is 4. The van der Waals surface area contributed by atoms with Crippen LogP contribution in [0.3, 0.4) is 0 Å². The van der Waals surface area contributed by atoms with Crippen LogP contribution in [0.15, 0.2) is 103 Å². The zero-order chi connectivity index (χ0) is 52.8. The van der Waals surface area contributed by atoms with Crippen molar-refractivity contribution in [3.63, 3.8) is 0 Å². The molecule has 22 heteroatoms. The van der Waals surface area contributed by atoms with Gasteiger partial charge in [0.1, 0.15) is 62.2 Å². The molecule has 0 radical (unpaired) electrons. The third kappa shape index (κ3) is 14.4. The maximum absolute atomic E-state index is 13.6. The van der Waals surface area contributed by atoms with E-state index in [0.29, 0.717) is 22.3 Å². The predicted octanol–water partition coefficient (Wildman–Crippen LogP) is 2.51. The molecule has 0 spiro atoms. The molecule has 0 aliphatic carbocycles. The van der Waals surface area contributed by atoms with E-state index in [1.807, 2.05) is 0 Å². The maximum Gasteiger partial charge on any atom is 0.331 e. The van der Waals surface area contributed by atoms with Gasteiger partial charge >= 0.3 is 23.9 Å². The topological polar surface area (TPSA) is 322 Å². The van der Waals surface area contributed by atoms with Gasteiger partial charge in [0.05, 0.1) is 21.3 Å². The van der Waals surface area contributed by atoms with E-state index in [2.05, 4.69) is 0 Å². The van der Waals surface area contributed by atoms with Crippen molar-refractivity contribution in [2.45, 2.75) is 54.8 Å². The summed E-state index contributed by atoms with van der Waals surface area (Å²) in [5.41, 5.74) is 1.64. The molecule has 0 bridgehead atoms. The highest BCUT2D eigenvalue weighted by atomic mass is 16.8. The van der Waals surface area contributed by atoms with Crippen LogP contribution in [0.2, 0.25) is 0 Å². The first-order chi connectivity index (χ1) is 34.9. The fraction of sp³-hybridized carbons (Fsp3) is 0.294. The monoisotopic (exact) mass is 1020 g/mol. The van der Waals surface area contributed by atoms with Crippen LogP contribution in [0.5, 0.6) is 40.2 Å². The molecule has 4 aromatic rings. The van der Waals surface area contributed by atoms with Gasteiger partial charge in [-0.2, -0.15) is 0 Å². The first-order valence-corrected chi connectivity index (χ1v) is 22.0. The molecule has 22 nitrogen and oxygen atoms in total. The lowest BCUT2D eigenvalue weighted by Gasteiger charge is -2.43. The Bertz CT molecular complexity index is 2700. The lowest BCUT2D eigenvalue weighted by Crippen LogP contribution is -2.63. The van der Waals surface area contributed by atoms with Gasteiger partial charge in [0.2, 0.25) is 5.79 Å². The van der Waals surface area contributed by atoms with Gasteiger partial charge in [-0.15, -0.1) is 0 Å². The number of esters is 4. The minimum atomic E-state index is -2.73. The largest absolute Gasteiger partial charge is 0.508 e. The number of hydrogen-bond donors (Lipinski definition) is 8. The van der Waals surface area contributed by atoms with Crippen LogP contribution in [-0.2, 0) is 52.3 Å². The van der Waals surface area contributed by atoms with Gasteiger partial charge in [-0.05, 0) is 95.1 Å². The second-order valence-corrected chi connectivity index (χ2v) is 16.0. The van der Waals surface area contributed by atoms with Crippen LogP contribution in [0.4, 0.5) is 0 Å². The number of benzene rings is 4. The van der Waals surface area contributed by atoms with Crippen molar-refractivity contribution < 1.29 is 107 Å². The molecule has 6 rings (SSSR count). The molecule has 4 aromatic carbocycles. The zero-order valence-electron chi connectivity index (χ0n) is 39.2. The molecule has 2 aliphatic heterocycles. The summed E-state index contributed by atoms with van der Waals surface area (Å²) in [7, 11) is 3.98. The lowest BCUT2D eigenvalue weighted by molar-refractivity contribution is -0.383. The molecule has 388 valence electrons. The Hall–Kier alpha value is -7.96. The molecular formula is C51H52O22. The lowest BCUT2D eigenvalue weighted by atomic mass is 9.98. The Morgan fingerprint density at radius 2 is 0.945 bits per heavy atom. The maximum atomic E-state index is 13.6. The SMILES string of the molecule is COc1cc(C=CC(=O)OC[C@H]2O[C@@](COC(=O)C=Cc3ccc(O)c(OC)c3)(O[C@H]3O[C@H](COC(=O)C=Cc4ccc(O)c(OC)c4)[C@@H](O)[C@H](O)[C@H]3O)[C@@H](OC(=O)C=Cc3ccc(O)cc3)[C@@H]2O)ccc1O. The van der Waals surface area contributed by atoms with Crippen LogP contribution < -0.4 is 14.2 Å². The van der Waals surface area contributed by atoms with E-state index in [4.69, 9.17) is 47.4 Å². The summed E-state index contributed by atoms with van der Waals surface area (Å²) in [6, 6.07) is 18.3. The summed E-state index contributed by atoms with van der Waals surface area (Å²) in [6.45, 7) is -2.66. The van der Waals surface area contributed by atoms with Crippen molar-refractivity contribution >= 4 is 48.2 Å². The average Bonchev–Trinajstić information content (AvgIpc) is 3.64.